The van der Waals surface area contributed by atoms with Crippen LogP contribution in [0.5, 0.6) is 0 Å². The molecule has 6 heteroatoms. The number of carbonyl (C=O) groups is 1. The lowest BCUT2D eigenvalue weighted by Crippen LogP contribution is -2.50. The van der Waals surface area contributed by atoms with Crippen LogP contribution in [0.1, 0.15) is 38.5 Å². The van der Waals surface area contributed by atoms with Crippen molar-refractivity contribution in [1.82, 2.24) is 5.32 Å². The number of carbonyl (C=O) groups excluding carboxylic acids is 1. The Bertz CT molecular complexity index is 318. The van der Waals surface area contributed by atoms with E-state index in [2.05, 4.69) is 5.32 Å². The van der Waals surface area contributed by atoms with E-state index in [0.29, 0.717) is 25.3 Å². The van der Waals surface area contributed by atoms with Gasteiger partial charge in [-0.2, -0.15) is 13.2 Å². The third-order valence-electron chi connectivity index (χ3n) is 4.21. The molecule has 0 aromatic carbocycles. The average Bonchev–Trinajstić information content (AvgIpc) is 3.09. The molecule has 2 rings (SSSR count). The molecule has 0 spiro atoms. The predicted octanol–water partition coefficient (Wildman–Crippen LogP) is 1.96. The summed E-state index contributed by atoms with van der Waals surface area (Å²) in [7, 11) is 0. The Hall–Kier alpha value is -0.780. The Morgan fingerprint density at radius 3 is 2.17 bits per heavy atom. The third kappa shape index (κ3) is 2.63. The molecule has 0 unspecified atom stereocenters. The van der Waals surface area contributed by atoms with Crippen LogP contribution >= 0.6 is 0 Å². The van der Waals surface area contributed by atoms with Crippen molar-refractivity contribution in [3.8, 4) is 0 Å². The number of hydrogen-bond acceptors (Lipinski definition) is 2. The Morgan fingerprint density at radius 1 is 1.22 bits per heavy atom. The molecule has 104 valence electrons. The minimum absolute atomic E-state index is 0.0143. The summed E-state index contributed by atoms with van der Waals surface area (Å²) < 4.78 is 38.1. The van der Waals surface area contributed by atoms with Crippen molar-refractivity contribution in [2.24, 2.45) is 17.6 Å². The molecule has 0 aromatic heterocycles. The van der Waals surface area contributed by atoms with Crippen LogP contribution in [0, 0.1) is 11.8 Å². The average molecular weight is 264 g/mol. The number of hydrogen-bond donors (Lipinski definition) is 2. The van der Waals surface area contributed by atoms with E-state index in [1.165, 1.54) is 0 Å². The van der Waals surface area contributed by atoms with E-state index in [9.17, 15) is 18.0 Å². The van der Waals surface area contributed by atoms with E-state index in [-0.39, 0.29) is 18.8 Å². The van der Waals surface area contributed by atoms with Crippen molar-refractivity contribution >= 4 is 5.91 Å². The first-order valence-electron chi connectivity index (χ1n) is 6.47. The van der Waals surface area contributed by atoms with Gasteiger partial charge < -0.3 is 11.1 Å². The predicted molar refractivity (Wildman–Crippen MR) is 60.7 cm³/mol. The zero-order valence-corrected chi connectivity index (χ0v) is 10.2. The molecule has 0 radical (unpaired) electrons. The number of rotatable bonds is 3. The molecule has 3 nitrogen and oxygen atoms in total. The van der Waals surface area contributed by atoms with Gasteiger partial charge in [-0.25, -0.2) is 0 Å². The first-order chi connectivity index (χ1) is 8.38. The van der Waals surface area contributed by atoms with Gasteiger partial charge in [-0.15, -0.1) is 0 Å². The summed E-state index contributed by atoms with van der Waals surface area (Å²) in [5, 5.41) is 2.21. The number of nitrogens with one attached hydrogen (secondary N) is 1. The maximum absolute atomic E-state index is 12.7. The van der Waals surface area contributed by atoms with Gasteiger partial charge in [-0.05, 0) is 51.0 Å². The van der Waals surface area contributed by atoms with Gasteiger partial charge in [-0.3, -0.25) is 4.79 Å². The molecule has 0 heterocycles. The SMILES string of the molecule is NCC1CCC(C(=O)NC2(C(F)(F)F)CC2)CC1. The highest BCUT2D eigenvalue weighted by molar-refractivity contribution is 5.80. The molecule has 0 saturated heterocycles. The molecule has 3 N–H and O–H groups in total. The van der Waals surface area contributed by atoms with Crippen LogP contribution < -0.4 is 11.1 Å². The number of alkyl halides is 3. The zero-order chi connectivity index (χ0) is 13.4. The maximum Gasteiger partial charge on any atom is 0.411 e. The molecular formula is C12H19F3N2O. The lowest BCUT2D eigenvalue weighted by molar-refractivity contribution is -0.171. The zero-order valence-electron chi connectivity index (χ0n) is 10.2. The Labute approximate surface area is 104 Å². The molecule has 2 fully saturated rings. The summed E-state index contributed by atoms with van der Waals surface area (Å²) in [5.74, 6) is -0.278. The van der Waals surface area contributed by atoms with E-state index in [1.807, 2.05) is 0 Å². The highest BCUT2D eigenvalue weighted by atomic mass is 19.4. The number of nitrogens with two attached hydrogens (primary N) is 1. The summed E-state index contributed by atoms with van der Waals surface area (Å²) >= 11 is 0. The van der Waals surface area contributed by atoms with Crippen molar-refractivity contribution in [2.45, 2.75) is 50.2 Å². The summed E-state index contributed by atoms with van der Waals surface area (Å²) in [6, 6.07) is 0. The minimum atomic E-state index is -4.32. The minimum Gasteiger partial charge on any atom is -0.342 e. The quantitative estimate of drug-likeness (QED) is 0.818. The topological polar surface area (TPSA) is 55.1 Å². The number of amides is 1. The monoisotopic (exact) mass is 264 g/mol. The van der Waals surface area contributed by atoms with Crippen LogP contribution in [0.3, 0.4) is 0 Å². The van der Waals surface area contributed by atoms with Crippen LogP contribution in [0.15, 0.2) is 0 Å². The second kappa shape index (κ2) is 4.72. The molecule has 0 bridgehead atoms. The van der Waals surface area contributed by atoms with Crippen molar-refractivity contribution < 1.29 is 18.0 Å². The van der Waals surface area contributed by atoms with Crippen molar-refractivity contribution in [1.29, 1.82) is 0 Å². The third-order valence-corrected chi connectivity index (χ3v) is 4.21. The van der Waals surface area contributed by atoms with E-state index in [0.717, 1.165) is 12.8 Å². The van der Waals surface area contributed by atoms with Crippen LogP contribution in [-0.2, 0) is 4.79 Å². The van der Waals surface area contributed by atoms with E-state index < -0.39 is 17.6 Å². The van der Waals surface area contributed by atoms with Gasteiger partial charge in [-0.1, -0.05) is 0 Å². The second-order valence-corrected chi connectivity index (χ2v) is 5.52. The van der Waals surface area contributed by atoms with Gasteiger partial charge in [0, 0.05) is 5.92 Å². The lowest BCUT2D eigenvalue weighted by Gasteiger charge is -2.29. The van der Waals surface area contributed by atoms with Crippen molar-refractivity contribution in [3.63, 3.8) is 0 Å². The van der Waals surface area contributed by atoms with Gasteiger partial charge in [0.25, 0.3) is 0 Å². The molecular weight excluding hydrogens is 245 g/mol. The summed E-state index contributed by atoms with van der Waals surface area (Å²) in [6.45, 7) is 0.598. The normalized spacial score (nSPS) is 30.9. The van der Waals surface area contributed by atoms with Crippen LogP contribution in [0.25, 0.3) is 0 Å². The molecule has 2 aliphatic rings. The summed E-state index contributed by atoms with van der Waals surface area (Å²) in [5.41, 5.74) is 3.62. The largest absolute Gasteiger partial charge is 0.411 e. The van der Waals surface area contributed by atoms with Crippen molar-refractivity contribution in [3.05, 3.63) is 0 Å². The molecule has 0 atom stereocenters. The van der Waals surface area contributed by atoms with Gasteiger partial charge in [0.2, 0.25) is 5.91 Å². The van der Waals surface area contributed by atoms with Gasteiger partial charge in [0.05, 0.1) is 0 Å². The fourth-order valence-corrected chi connectivity index (χ4v) is 2.60. The smallest absolute Gasteiger partial charge is 0.342 e. The lowest BCUT2D eigenvalue weighted by atomic mass is 9.81. The Balaban J connectivity index is 1.86. The van der Waals surface area contributed by atoms with E-state index in [1.54, 1.807) is 0 Å². The van der Waals surface area contributed by atoms with Gasteiger partial charge in [0.15, 0.2) is 0 Å². The van der Waals surface area contributed by atoms with E-state index >= 15 is 0 Å². The van der Waals surface area contributed by atoms with Crippen LogP contribution in [-0.4, -0.2) is 24.2 Å². The highest BCUT2D eigenvalue weighted by Crippen LogP contribution is 2.49. The maximum atomic E-state index is 12.7. The summed E-state index contributed by atoms with van der Waals surface area (Å²) in [6.07, 6.45) is -1.30. The fraction of sp³-hybridized carbons (Fsp3) is 0.917. The number of halogens is 3. The molecule has 0 aliphatic heterocycles. The molecule has 1 amide bonds. The molecule has 2 saturated carbocycles. The fourth-order valence-electron chi connectivity index (χ4n) is 2.60. The molecule has 18 heavy (non-hydrogen) atoms. The molecule has 0 aromatic rings. The summed E-state index contributed by atoms with van der Waals surface area (Å²) in [4.78, 5) is 11.9. The van der Waals surface area contributed by atoms with E-state index in [4.69, 9.17) is 5.73 Å². The Kier molecular flexibility index (Phi) is 3.58. The molecule has 2 aliphatic carbocycles. The van der Waals surface area contributed by atoms with Gasteiger partial charge >= 0.3 is 6.18 Å². The first kappa shape index (κ1) is 13.6. The van der Waals surface area contributed by atoms with Crippen LogP contribution in [0.2, 0.25) is 0 Å². The highest BCUT2D eigenvalue weighted by Gasteiger charge is 2.64. The van der Waals surface area contributed by atoms with Crippen molar-refractivity contribution in [2.75, 3.05) is 6.54 Å². The van der Waals surface area contributed by atoms with Gasteiger partial charge in [0.1, 0.15) is 5.54 Å². The first-order valence-corrected chi connectivity index (χ1v) is 6.47. The standard InChI is InChI=1S/C12H19F3N2O/c13-12(14,15)11(5-6-11)17-10(18)9-3-1-8(7-16)2-4-9/h8-9H,1-7,16H2,(H,17,18). The van der Waals surface area contributed by atoms with Crippen LogP contribution in [0.4, 0.5) is 13.2 Å². The second-order valence-electron chi connectivity index (χ2n) is 5.52. The Morgan fingerprint density at radius 2 is 1.78 bits per heavy atom.